The van der Waals surface area contributed by atoms with E-state index < -0.39 is 0 Å². The number of nitrogens with one attached hydrogen (secondary N) is 1. The summed E-state index contributed by atoms with van der Waals surface area (Å²) in [6.07, 6.45) is 3.39. The predicted molar refractivity (Wildman–Crippen MR) is 99.1 cm³/mol. The molecule has 0 radical (unpaired) electrons. The van der Waals surface area contributed by atoms with Crippen molar-refractivity contribution in [2.45, 2.75) is 39.4 Å². The molecule has 0 aliphatic carbocycles. The number of halogens is 1. The van der Waals surface area contributed by atoms with Gasteiger partial charge in [-0.3, -0.25) is 0 Å². The Morgan fingerprint density at radius 1 is 1.04 bits per heavy atom. The summed E-state index contributed by atoms with van der Waals surface area (Å²) in [5.74, 6) is 0. The number of fused-ring (bicyclic) bond motifs is 1. The van der Waals surface area contributed by atoms with Gasteiger partial charge in [0.1, 0.15) is 0 Å². The minimum atomic E-state index is 0.528. The summed E-state index contributed by atoms with van der Waals surface area (Å²) in [6, 6.07) is 17.2. The Kier molecular flexibility index (Phi) is 5.04. The number of hydrogen-bond donors (Lipinski definition) is 1. The Hall–Kier alpha value is -1.77. The molecule has 0 unspecified atom stereocenters. The van der Waals surface area contributed by atoms with Crippen LogP contribution in [0.3, 0.4) is 0 Å². The van der Waals surface area contributed by atoms with Crippen molar-refractivity contribution in [1.82, 2.24) is 9.88 Å². The van der Waals surface area contributed by atoms with E-state index in [1.54, 1.807) is 0 Å². The number of aromatic nitrogens is 1. The van der Waals surface area contributed by atoms with Crippen LogP contribution in [0, 0.1) is 0 Å². The van der Waals surface area contributed by atoms with Crippen LogP contribution in [-0.2, 0) is 13.1 Å². The van der Waals surface area contributed by atoms with Gasteiger partial charge in [-0.2, -0.15) is 0 Å². The zero-order valence-corrected chi connectivity index (χ0v) is 14.5. The number of para-hydroxylation sites is 1. The lowest BCUT2D eigenvalue weighted by atomic mass is 10.1. The van der Waals surface area contributed by atoms with Crippen LogP contribution in [0.5, 0.6) is 0 Å². The van der Waals surface area contributed by atoms with E-state index in [-0.39, 0.29) is 0 Å². The van der Waals surface area contributed by atoms with Gasteiger partial charge in [-0.15, -0.1) is 0 Å². The second-order valence-corrected chi connectivity index (χ2v) is 6.49. The van der Waals surface area contributed by atoms with Crippen LogP contribution in [0.15, 0.2) is 54.7 Å². The monoisotopic (exact) mass is 326 g/mol. The molecule has 1 atom stereocenters. The summed E-state index contributed by atoms with van der Waals surface area (Å²) >= 11 is 6.33. The van der Waals surface area contributed by atoms with E-state index in [1.165, 1.54) is 16.5 Å². The summed E-state index contributed by atoms with van der Waals surface area (Å²) in [7, 11) is 0. The molecular formula is C20H23ClN2. The maximum Gasteiger partial charge on any atom is 0.0491 e. The first kappa shape index (κ1) is 16.1. The lowest BCUT2D eigenvalue weighted by Gasteiger charge is -2.10. The van der Waals surface area contributed by atoms with Gasteiger partial charge >= 0.3 is 0 Å². The van der Waals surface area contributed by atoms with E-state index >= 15 is 0 Å². The van der Waals surface area contributed by atoms with Gasteiger partial charge in [0.15, 0.2) is 0 Å². The molecule has 0 fully saturated rings. The molecule has 3 aromatic rings. The Morgan fingerprint density at radius 2 is 1.78 bits per heavy atom. The van der Waals surface area contributed by atoms with E-state index in [0.717, 1.165) is 30.1 Å². The van der Waals surface area contributed by atoms with Crippen molar-refractivity contribution in [3.63, 3.8) is 0 Å². The highest BCUT2D eigenvalue weighted by Gasteiger charge is 2.10. The van der Waals surface area contributed by atoms with Crippen LogP contribution in [0.2, 0.25) is 5.02 Å². The number of benzene rings is 2. The first-order valence-corrected chi connectivity index (χ1v) is 8.60. The summed E-state index contributed by atoms with van der Waals surface area (Å²) in [6.45, 7) is 6.12. The summed E-state index contributed by atoms with van der Waals surface area (Å²) in [5.41, 5.74) is 3.75. The van der Waals surface area contributed by atoms with Crippen LogP contribution in [0.1, 0.15) is 31.4 Å². The summed E-state index contributed by atoms with van der Waals surface area (Å²) in [5, 5.41) is 5.73. The highest BCUT2D eigenvalue weighted by Crippen LogP contribution is 2.24. The third kappa shape index (κ3) is 3.60. The minimum Gasteiger partial charge on any atom is -0.343 e. The molecule has 1 aromatic heterocycles. The van der Waals surface area contributed by atoms with Gasteiger partial charge < -0.3 is 9.88 Å². The normalized spacial score (nSPS) is 12.7. The third-order valence-electron chi connectivity index (χ3n) is 4.42. The van der Waals surface area contributed by atoms with Crippen molar-refractivity contribution in [3.8, 4) is 0 Å². The van der Waals surface area contributed by atoms with Crippen molar-refractivity contribution in [2.75, 3.05) is 0 Å². The highest BCUT2D eigenvalue weighted by atomic mass is 35.5. The van der Waals surface area contributed by atoms with Gasteiger partial charge in [-0.1, -0.05) is 54.9 Å². The predicted octanol–water partition coefficient (Wildman–Crippen LogP) is 5.23. The molecule has 2 aromatic carbocycles. The standard InChI is InChI=1S/C20H23ClN2/c1-3-15(2)22-12-17-14-23(20-11-7-5-9-18(17)20)13-16-8-4-6-10-19(16)21/h4-11,14-15,22H,3,12-13H2,1-2H3/t15-/m0/s1. The molecule has 2 nitrogen and oxygen atoms in total. The molecule has 23 heavy (non-hydrogen) atoms. The van der Waals surface area contributed by atoms with Gasteiger partial charge in [0.05, 0.1) is 0 Å². The lowest BCUT2D eigenvalue weighted by molar-refractivity contribution is 0.535. The summed E-state index contributed by atoms with van der Waals surface area (Å²) < 4.78 is 2.30. The molecule has 0 bridgehead atoms. The number of rotatable bonds is 6. The average Bonchev–Trinajstić information content (AvgIpc) is 2.93. The second-order valence-electron chi connectivity index (χ2n) is 6.08. The van der Waals surface area contributed by atoms with Crippen LogP contribution >= 0.6 is 11.6 Å². The maximum absolute atomic E-state index is 6.33. The van der Waals surface area contributed by atoms with Gasteiger partial charge in [-0.05, 0) is 36.6 Å². The Labute approximate surface area is 143 Å². The second kappa shape index (κ2) is 7.20. The summed E-state index contributed by atoms with van der Waals surface area (Å²) in [4.78, 5) is 0. The van der Waals surface area contributed by atoms with Gasteiger partial charge in [0.2, 0.25) is 0 Å². The van der Waals surface area contributed by atoms with Crippen LogP contribution < -0.4 is 5.32 Å². The zero-order chi connectivity index (χ0) is 16.2. The molecule has 3 heteroatoms. The van der Waals surface area contributed by atoms with E-state index in [1.807, 2.05) is 18.2 Å². The molecule has 1 heterocycles. The molecule has 1 N–H and O–H groups in total. The fraction of sp³-hybridized carbons (Fsp3) is 0.300. The van der Waals surface area contributed by atoms with Crippen molar-refractivity contribution in [1.29, 1.82) is 0 Å². The van der Waals surface area contributed by atoms with Gasteiger partial charge in [-0.25, -0.2) is 0 Å². The molecule has 0 aliphatic heterocycles. The van der Waals surface area contributed by atoms with Crippen LogP contribution in [0.25, 0.3) is 10.9 Å². The molecule has 0 amide bonds. The zero-order valence-electron chi connectivity index (χ0n) is 13.7. The largest absolute Gasteiger partial charge is 0.343 e. The van der Waals surface area contributed by atoms with E-state index in [2.05, 4.69) is 60.3 Å². The molecule has 0 saturated heterocycles. The Morgan fingerprint density at radius 3 is 2.57 bits per heavy atom. The lowest BCUT2D eigenvalue weighted by Crippen LogP contribution is -2.24. The molecule has 0 saturated carbocycles. The highest BCUT2D eigenvalue weighted by molar-refractivity contribution is 6.31. The molecule has 0 spiro atoms. The third-order valence-corrected chi connectivity index (χ3v) is 4.79. The maximum atomic E-state index is 6.33. The van der Waals surface area contributed by atoms with Gasteiger partial charge in [0, 0.05) is 41.3 Å². The Bertz CT molecular complexity index is 791. The minimum absolute atomic E-state index is 0.528. The smallest absolute Gasteiger partial charge is 0.0491 e. The van der Waals surface area contributed by atoms with E-state index in [0.29, 0.717) is 6.04 Å². The first-order chi connectivity index (χ1) is 11.2. The van der Waals surface area contributed by atoms with Crippen LogP contribution in [-0.4, -0.2) is 10.6 Å². The molecule has 0 aliphatic rings. The number of hydrogen-bond acceptors (Lipinski definition) is 1. The SMILES string of the molecule is CC[C@H](C)NCc1cn(Cc2ccccc2Cl)c2ccccc12. The molecule has 120 valence electrons. The Balaban J connectivity index is 1.93. The molecular weight excluding hydrogens is 304 g/mol. The van der Waals surface area contributed by atoms with Crippen molar-refractivity contribution < 1.29 is 0 Å². The molecule has 3 rings (SSSR count). The van der Waals surface area contributed by atoms with Gasteiger partial charge in [0.25, 0.3) is 0 Å². The average molecular weight is 327 g/mol. The number of nitrogens with zero attached hydrogens (tertiary/aromatic N) is 1. The quantitative estimate of drug-likeness (QED) is 0.656. The fourth-order valence-corrected chi connectivity index (χ4v) is 3.03. The van der Waals surface area contributed by atoms with E-state index in [4.69, 9.17) is 11.6 Å². The van der Waals surface area contributed by atoms with Crippen molar-refractivity contribution in [2.24, 2.45) is 0 Å². The van der Waals surface area contributed by atoms with Crippen molar-refractivity contribution >= 4 is 22.5 Å². The fourth-order valence-electron chi connectivity index (χ4n) is 2.83. The van der Waals surface area contributed by atoms with Crippen molar-refractivity contribution in [3.05, 3.63) is 70.9 Å². The topological polar surface area (TPSA) is 17.0 Å². The van der Waals surface area contributed by atoms with E-state index in [9.17, 15) is 0 Å². The van der Waals surface area contributed by atoms with Crippen LogP contribution in [0.4, 0.5) is 0 Å². The first-order valence-electron chi connectivity index (χ1n) is 8.22.